The predicted molar refractivity (Wildman–Crippen MR) is 231 cm³/mol. The molecule has 2 aliphatic heterocycles. The first-order valence-electron chi connectivity index (χ1n) is 21.4. The molecule has 0 bridgehead atoms. The number of hydrogen-bond acceptors (Lipinski definition) is 6. The Morgan fingerprint density at radius 1 is 0.952 bits per heavy atom. The van der Waals surface area contributed by atoms with Crippen LogP contribution >= 0.6 is 0 Å². The van der Waals surface area contributed by atoms with Gasteiger partial charge < -0.3 is 14.2 Å². The van der Waals surface area contributed by atoms with Crippen molar-refractivity contribution in [2.45, 2.75) is 110 Å². The number of carbonyl (C=O) groups excluding carboxylic acids is 1. The number of nitrogens with zero attached hydrogens (tertiary/aromatic N) is 9. The third-order valence-electron chi connectivity index (χ3n) is 13.3. The number of rotatable bonds is 7. The molecule has 62 heavy (non-hydrogen) atoms. The highest BCUT2D eigenvalue weighted by atomic mass is 19.1. The van der Waals surface area contributed by atoms with Crippen LogP contribution in [0.4, 0.5) is 8.78 Å². The van der Waals surface area contributed by atoms with Gasteiger partial charge in [-0.3, -0.25) is 18.6 Å². The van der Waals surface area contributed by atoms with Crippen molar-refractivity contribution in [3.05, 3.63) is 123 Å². The van der Waals surface area contributed by atoms with Gasteiger partial charge in [0.05, 0.1) is 52.5 Å². The van der Waals surface area contributed by atoms with Crippen LogP contribution in [0.5, 0.6) is 0 Å². The molecule has 1 saturated carbocycles. The molecule has 10 rings (SSSR count). The summed E-state index contributed by atoms with van der Waals surface area (Å²) in [6.07, 6.45) is 8.57. The molecule has 0 unspecified atom stereocenters. The lowest BCUT2D eigenvalue weighted by atomic mass is 9.80. The summed E-state index contributed by atoms with van der Waals surface area (Å²) in [6, 6.07) is 16.5. The largest absolute Gasteiger partial charge is 0.376 e. The molecule has 6 heterocycles. The molecule has 7 aromatic rings. The molecule has 2 fully saturated rings. The molecule has 2 atom stereocenters. The fraction of sp³-hybridized carbons (Fsp3) is 0.396. The number of imidazole rings is 1. The number of carbonyl (C=O) groups is 1. The Hall–Kier alpha value is -6.33. The minimum atomic E-state index is -0.734. The quantitative estimate of drug-likeness (QED) is 0.158. The molecule has 14 heteroatoms. The Bertz CT molecular complexity index is 3070. The van der Waals surface area contributed by atoms with E-state index >= 15 is 13.6 Å². The molecule has 0 N–H and O–H groups in total. The van der Waals surface area contributed by atoms with Crippen molar-refractivity contribution >= 4 is 27.7 Å². The van der Waals surface area contributed by atoms with Crippen molar-refractivity contribution in [2.24, 2.45) is 0 Å². The zero-order valence-electron chi connectivity index (χ0n) is 36.0. The van der Waals surface area contributed by atoms with Crippen LogP contribution in [-0.2, 0) is 16.7 Å². The van der Waals surface area contributed by atoms with E-state index in [2.05, 4.69) is 37.1 Å². The van der Waals surface area contributed by atoms with E-state index in [4.69, 9.17) is 9.84 Å². The normalized spacial score (nSPS) is 19.6. The van der Waals surface area contributed by atoms with Crippen molar-refractivity contribution in [1.29, 1.82) is 5.26 Å². The van der Waals surface area contributed by atoms with E-state index in [1.807, 2.05) is 37.6 Å². The second-order valence-electron chi connectivity index (χ2n) is 18.8. The fourth-order valence-electron chi connectivity index (χ4n) is 10.0. The van der Waals surface area contributed by atoms with Gasteiger partial charge in [-0.1, -0.05) is 19.9 Å². The first kappa shape index (κ1) is 39.8. The topological polar surface area (TPSA) is 121 Å². The van der Waals surface area contributed by atoms with Crippen LogP contribution in [-0.4, -0.2) is 62.8 Å². The first-order valence-corrected chi connectivity index (χ1v) is 21.4. The van der Waals surface area contributed by atoms with Crippen molar-refractivity contribution in [3.8, 4) is 23.3 Å². The van der Waals surface area contributed by atoms with Crippen LogP contribution in [0, 0.1) is 36.8 Å². The van der Waals surface area contributed by atoms with Crippen LogP contribution in [0.3, 0.4) is 0 Å². The zero-order valence-corrected chi connectivity index (χ0v) is 36.0. The summed E-state index contributed by atoms with van der Waals surface area (Å²) >= 11 is 0. The van der Waals surface area contributed by atoms with Crippen LogP contribution in [0.2, 0.25) is 0 Å². The molecule has 0 radical (unpaired) electrons. The summed E-state index contributed by atoms with van der Waals surface area (Å²) in [6.45, 7) is 14.4. The molecule has 3 aromatic carbocycles. The maximum Gasteiger partial charge on any atom is 0.338 e. The van der Waals surface area contributed by atoms with Crippen molar-refractivity contribution < 1.29 is 18.3 Å². The number of amides is 1. The van der Waals surface area contributed by atoms with Crippen molar-refractivity contribution in [3.63, 3.8) is 0 Å². The third-order valence-corrected chi connectivity index (χ3v) is 13.3. The summed E-state index contributed by atoms with van der Waals surface area (Å²) in [5, 5.41) is 21.3. The van der Waals surface area contributed by atoms with E-state index in [-0.39, 0.29) is 42.1 Å². The van der Waals surface area contributed by atoms with Gasteiger partial charge in [-0.15, -0.1) is 0 Å². The predicted octanol–water partition coefficient (Wildman–Crippen LogP) is 9.04. The minimum absolute atomic E-state index is 0.0236. The summed E-state index contributed by atoms with van der Waals surface area (Å²) in [5.41, 5.74) is 4.22. The molecule has 12 nitrogen and oxygen atoms in total. The van der Waals surface area contributed by atoms with Crippen LogP contribution < -0.4 is 5.69 Å². The fourth-order valence-corrected chi connectivity index (χ4v) is 10.0. The van der Waals surface area contributed by atoms with E-state index in [9.17, 15) is 10.1 Å². The number of aryl methyl sites for hydroxylation is 2. The molecular weight excluding hydrogens is 789 g/mol. The molecule has 318 valence electrons. The molecular formula is C48H49F2N9O3. The monoisotopic (exact) mass is 837 g/mol. The molecule has 1 saturated heterocycles. The molecule has 3 aliphatic rings. The maximum absolute atomic E-state index is 16.1. The Morgan fingerprint density at radius 2 is 1.69 bits per heavy atom. The molecule has 1 aliphatic carbocycles. The number of benzene rings is 3. The van der Waals surface area contributed by atoms with Gasteiger partial charge in [-0.25, -0.2) is 18.3 Å². The second kappa shape index (κ2) is 14.1. The maximum atomic E-state index is 16.1. The standard InChI is InChI=1S/C48H49F2N9O3/c1-27-18-35(19-28(2)42(27)50)59-44(56-16-15-55(46(56)61)39-22-33-25-52-58(34-9-10-34)38(33)23-36(39)49)41-29(3)57(26-47(4,5)43(41)53-59)45(60)40-21-32-20-30(8-11-37(32)54(40)14-13-51)31-12-17-62-48(6,7)24-31/h8,11,15-16,18-23,25,29,31,34H,9-10,12,14,17,24,26H2,1-7H3/t29-,31-/m0/s1. The number of fused-ring (bicyclic) bond motifs is 3. The zero-order chi connectivity index (χ0) is 43.6. The highest BCUT2D eigenvalue weighted by molar-refractivity contribution is 5.99. The minimum Gasteiger partial charge on any atom is -0.376 e. The number of halogens is 2. The lowest BCUT2D eigenvalue weighted by molar-refractivity contribution is -0.0592. The number of aromatic nitrogens is 7. The van der Waals surface area contributed by atoms with E-state index in [1.165, 1.54) is 27.0 Å². The molecule has 4 aromatic heterocycles. The highest BCUT2D eigenvalue weighted by Crippen LogP contribution is 2.44. The average Bonchev–Trinajstić information content (AvgIpc) is 3.51. The third kappa shape index (κ3) is 6.30. The Labute approximate surface area is 357 Å². The van der Waals surface area contributed by atoms with Gasteiger partial charge in [-0.2, -0.15) is 15.5 Å². The second-order valence-corrected chi connectivity index (χ2v) is 18.8. The number of nitriles is 1. The summed E-state index contributed by atoms with van der Waals surface area (Å²) in [4.78, 5) is 31.7. The van der Waals surface area contributed by atoms with Gasteiger partial charge in [0.2, 0.25) is 0 Å². The van der Waals surface area contributed by atoms with E-state index in [0.29, 0.717) is 57.6 Å². The van der Waals surface area contributed by atoms with E-state index in [0.717, 1.165) is 42.0 Å². The van der Waals surface area contributed by atoms with Gasteiger partial charge in [0.15, 0.2) is 0 Å². The Morgan fingerprint density at radius 3 is 2.40 bits per heavy atom. The number of ether oxygens (including phenoxy) is 1. The van der Waals surface area contributed by atoms with Crippen LogP contribution in [0.15, 0.2) is 71.9 Å². The molecule has 0 spiro atoms. The Kier molecular flexibility index (Phi) is 9.05. The summed E-state index contributed by atoms with van der Waals surface area (Å²) in [5.74, 6) is -0.515. The lowest BCUT2D eigenvalue weighted by Crippen LogP contribution is -2.47. The highest BCUT2D eigenvalue weighted by Gasteiger charge is 2.45. The van der Waals surface area contributed by atoms with Crippen LogP contribution in [0.25, 0.3) is 39.0 Å². The van der Waals surface area contributed by atoms with Gasteiger partial charge in [0, 0.05) is 58.9 Å². The number of hydrogen-bond donors (Lipinski definition) is 0. The lowest BCUT2D eigenvalue weighted by Gasteiger charge is -2.41. The van der Waals surface area contributed by atoms with Crippen LogP contribution in [0.1, 0.15) is 117 Å². The summed E-state index contributed by atoms with van der Waals surface area (Å²) < 4.78 is 45.2. The molecule has 1 amide bonds. The van der Waals surface area contributed by atoms with Crippen molar-refractivity contribution in [2.75, 3.05) is 13.2 Å². The SMILES string of the molecule is Cc1cc(-n2nc3c(c2-n2ccn(-c4cc5cnn(C6CC6)c5cc4F)c2=O)[C@H](C)N(C(=O)c2cc4cc([C@H]5CCOC(C)(C)C5)ccc4n2CC#N)CC3(C)C)cc(C)c1F. The van der Waals surface area contributed by atoms with Gasteiger partial charge >= 0.3 is 5.69 Å². The summed E-state index contributed by atoms with van der Waals surface area (Å²) in [7, 11) is 0. The average molecular weight is 838 g/mol. The Balaban J connectivity index is 1.11. The van der Waals surface area contributed by atoms with Gasteiger partial charge in [-0.05, 0) is 119 Å². The van der Waals surface area contributed by atoms with Gasteiger partial charge in [0.1, 0.15) is 29.7 Å². The van der Waals surface area contributed by atoms with Crippen molar-refractivity contribution in [1.82, 2.24) is 38.2 Å². The van der Waals surface area contributed by atoms with Gasteiger partial charge in [0.25, 0.3) is 5.91 Å². The van der Waals surface area contributed by atoms with E-state index in [1.54, 1.807) is 58.6 Å². The smallest absolute Gasteiger partial charge is 0.338 e. The van der Waals surface area contributed by atoms with E-state index < -0.39 is 23.0 Å². The first-order chi connectivity index (χ1) is 29.5.